The summed E-state index contributed by atoms with van der Waals surface area (Å²) >= 11 is 12.1. The molecule has 2 nitrogen and oxygen atoms in total. The lowest BCUT2D eigenvalue weighted by atomic mass is 10.2. The van der Waals surface area contributed by atoms with Gasteiger partial charge in [-0.15, -0.1) is 12.6 Å². The molecule has 2 rings (SSSR count). The van der Waals surface area contributed by atoms with E-state index in [4.69, 9.17) is 11.6 Å². The maximum atomic E-state index is 12.2. The molecule has 0 radical (unpaired) electrons. The summed E-state index contributed by atoms with van der Waals surface area (Å²) in [5.74, 6) is 2.02. The summed E-state index contributed by atoms with van der Waals surface area (Å²) in [6.45, 7) is 1.60. The molecule has 1 amide bonds. The maximum absolute atomic E-state index is 12.2. The minimum absolute atomic E-state index is 0.0150. The Morgan fingerprint density at radius 3 is 2.75 bits per heavy atom. The normalized spacial score (nSPS) is 16.2. The second-order valence-electron chi connectivity index (χ2n) is 3.57. The summed E-state index contributed by atoms with van der Waals surface area (Å²) < 4.78 is 0. The van der Waals surface area contributed by atoms with Crippen molar-refractivity contribution >= 4 is 41.9 Å². The van der Waals surface area contributed by atoms with E-state index in [2.05, 4.69) is 12.6 Å². The SMILES string of the molecule is O=C(c1cc(S)ccc1Cl)N1CCSCC1. The molecule has 1 heterocycles. The van der Waals surface area contributed by atoms with Crippen LogP contribution in [0, 0.1) is 0 Å². The van der Waals surface area contributed by atoms with Crippen molar-refractivity contribution in [2.75, 3.05) is 24.6 Å². The first kappa shape index (κ1) is 12.1. The van der Waals surface area contributed by atoms with Crippen molar-refractivity contribution in [1.82, 2.24) is 4.90 Å². The third kappa shape index (κ3) is 2.67. The van der Waals surface area contributed by atoms with Crippen LogP contribution in [0.3, 0.4) is 0 Å². The van der Waals surface area contributed by atoms with Gasteiger partial charge in [0.25, 0.3) is 5.91 Å². The predicted molar refractivity (Wildman–Crippen MR) is 71.9 cm³/mol. The van der Waals surface area contributed by atoms with E-state index in [-0.39, 0.29) is 5.91 Å². The molecule has 0 atom stereocenters. The van der Waals surface area contributed by atoms with E-state index in [0.717, 1.165) is 29.5 Å². The Morgan fingerprint density at radius 1 is 1.38 bits per heavy atom. The molecule has 0 aromatic heterocycles. The zero-order valence-corrected chi connectivity index (χ0v) is 11.1. The summed E-state index contributed by atoms with van der Waals surface area (Å²) in [7, 11) is 0. The fourth-order valence-electron chi connectivity index (χ4n) is 1.61. The largest absolute Gasteiger partial charge is 0.337 e. The van der Waals surface area contributed by atoms with E-state index in [1.807, 2.05) is 16.7 Å². The summed E-state index contributed by atoms with van der Waals surface area (Å²) in [4.78, 5) is 14.8. The monoisotopic (exact) mass is 273 g/mol. The Labute approximate surface area is 110 Å². The van der Waals surface area contributed by atoms with Crippen LogP contribution in [-0.4, -0.2) is 35.4 Å². The highest BCUT2D eigenvalue weighted by molar-refractivity contribution is 7.99. The summed E-state index contributed by atoms with van der Waals surface area (Å²) in [6.07, 6.45) is 0. The Kier molecular flexibility index (Phi) is 4.05. The molecule has 0 spiro atoms. The Hall–Kier alpha value is -0.320. The minimum atomic E-state index is 0.0150. The highest BCUT2D eigenvalue weighted by atomic mass is 35.5. The van der Waals surface area contributed by atoms with E-state index in [9.17, 15) is 4.79 Å². The first-order valence-corrected chi connectivity index (χ1v) is 7.02. The van der Waals surface area contributed by atoms with Gasteiger partial charge in [0.05, 0.1) is 10.6 Å². The van der Waals surface area contributed by atoms with Crippen molar-refractivity contribution in [1.29, 1.82) is 0 Å². The Bertz CT molecular complexity index is 405. The number of nitrogens with zero attached hydrogens (tertiary/aromatic N) is 1. The van der Waals surface area contributed by atoms with Crippen LogP contribution in [0.5, 0.6) is 0 Å². The van der Waals surface area contributed by atoms with Crippen LogP contribution in [0.25, 0.3) is 0 Å². The third-order valence-electron chi connectivity index (χ3n) is 2.48. The molecule has 1 aromatic rings. The molecule has 5 heteroatoms. The number of hydrogen-bond acceptors (Lipinski definition) is 3. The molecule has 1 aliphatic heterocycles. The van der Waals surface area contributed by atoms with E-state index < -0.39 is 0 Å². The molecule has 0 aliphatic carbocycles. The standard InChI is InChI=1S/C11H12ClNOS2/c12-10-2-1-8(15)7-9(10)11(14)13-3-5-16-6-4-13/h1-2,7,15H,3-6H2. The number of thioether (sulfide) groups is 1. The fourth-order valence-corrected chi connectivity index (χ4v) is 2.92. The molecule has 1 aliphatic rings. The summed E-state index contributed by atoms with van der Waals surface area (Å²) in [5.41, 5.74) is 0.557. The first-order valence-electron chi connectivity index (χ1n) is 5.04. The second kappa shape index (κ2) is 5.34. The Morgan fingerprint density at radius 2 is 2.06 bits per heavy atom. The van der Waals surface area contributed by atoms with Gasteiger partial charge in [0.1, 0.15) is 0 Å². The number of rotatable bonds is 1. The number of halogens is 1. The number of amides is 1. The topological polar surface area (TPSA) is 20.3 Å². The van der Waals surface area contributed by atoms with Gasteiger partial charge in [-0.05, 0) is 18.2 Å². The van der Waals surface area contributed by atoms with Crippen molar-refractivity contribution in [3.05, 3.63) is 28.8 Å². The van der Waals surface area contributed by atoms with Crippen molar-refractivity contribution in [2.45, 2.75) is 4.90 Å². The number of carbonyl (C=O) groups is 1. The number of benzene rings is 1. The van der Waals surface area contributed by atoms with Gasteiger partial charge in [-0.3, -0.25) is 4.79 Å². The van der Waals surface area contributed by atoms with Crippen LogP contribution >= 0.6 is 36.0 Å². The zero-order chi connectivity index (χ0) is 11.5. The van der Waals surface area contributed by atoms with Crippen molar-refractivity contribution < 1.29 is 4.79 Å². The van der Waals surface area contributed by atoms with Crippen LogP contribution < -0.4 is 0 Å². The van der Waals surface area contributed by atoms with Gasteiger partial charge in [-0.2, -0.15) is 11.8 Å². The third-order valence-corrected chi connectivity index (χ3v) is 4.03. The van der Waals surface area contributed by atoms with Gasteiger partial charge in [-0.1, -0.05) is 11.6 Å². The van der Waals surface area contributed by atoms with Gasteiger partial charge in [0, 0.05) is 29.5 Å². The summed E-state index contributed by atoms with van der Waals surface area (Å²) in [6, 6.07) is 5.24. The lowest BCUT2D eigenvalue weighted by Gasteiger charge is -2.26. The van der Waals surface area contributed by atoms with Crippen LogP contribution in [0.4, 0.5) is 0 Å². The molecule has 86 valence electrons. The fraction of sp³-hybridized carbons (Fsp3) is 0.364. The molecule has 0 unspecified atom stereocenters. The molecule has 1 saturated heterocycles. The zero-order valence-electron chi connectivity index (χ0n) is 8.65. The van der Waals surface area contributed by atoms with Crippen LogP contribution in [0.1, 0.15) is 10.4 Å². The molecule has 1 aromatic carbocycles. The quantitative estimate of drug-likeness (QED) is 0.794. The van der Waals surface area contributed by atoms with Gasteiger partial charge in [-0.25, -0.2) is 0 Å². The smallest absolute Gasteiger partial charge is 0.255 e. The number of thiol groups is 1. The lowest BCUT2D eigenvalue weighted by molar-refractivity contribution is 0.0772. The van der Waals surface area contributed by atoms with Crippen molar-refractivity contribution in [3.63, 3.8) is 0 Å². The molecule has 0 N–H and O–H groups in total. The van der Waals surface area contributed by atoms with E-state index in [1.54, 1.807) is 18.2 Å². The Balaban J connectivity index is 2.22. The van der Waals surface area contributed by atoms with Crippen LogP contribution in [-0.2, 0) is 0 Å². The molecule has 16 heavy (non-hydrogen) atoms. The van der Waals surface area contributed by atoms with Crippen molar-refractivity contribution in [3.8, 4) is 0 Å². The molecular weight excluding hydrogens is 262 g/mol. The minimum Gasteiger partial charge on any atom is -0.337 e. The maximum Gasteiger partial charge on any atom is 0.255 e. The van der Waals surface area contributed by atoms with Gasteiger partial charge >= 0.3 is 0 Å². The molecular formula is C11H12ClNOS2. The van der Waals surface area contributed by atoms with Gasteiger partial charge in [0.15, 0.2) is 0 Å². The molecule has 1 fully saturated rings. The predicted octanol–water partition coefficient (Wildman–Crippen LogP) is 2.82. The van der Waals surface area contributed by atoms with Crippen LogP contribution in [0.15, 0.2) is 23.1 Å². The van der Waals surface area contributed by atoms with E-state index in [0.29, 0.717) is 10.6 Å². The van der Waals surface area contributed by atoms with E-state index in [1.165, 1.54) is 0 Å². The summed E-state index contributed by atoms with van der Waals surface area (Å²) in [5, 5.41) is 0.501. The number of hydrogen-bond donors (Lipinski definition) is 1. The highest BCUT2D eigenvalue weighted by Gasteiger charge is 2.20. The van der Waals surface area contributed by atoms with E-state index >= 15 is 0 Å². The second-order valence-corrected chi connectivity index (χ2v) is 5.72. The number of carbonyl (C=O) groups excluding carboxylic acids is 1. The average molecular weight is 274 g/mol. The van der Waals surface area contributed by atoms with Gasteiger partial charge < -0.3 is 4.90 Å². The van der Waals surface area contributed by atoms with Crippen LogP contribution in [0.2, 0.25) is 5.02 Å². The van der Waals surface area contributed by atoms with Crippen molar-refractivity contribution in [2.24, 2.45) is 0 Å². The molecule has 0 bridgehead atoms. The van der Waals surface area contributed by atoms with Gasteiger partial charge in [0.2, 0.25) is 0 Å². The average Bonchev–Trinajstić information content (AvgIpc) is 2.32. The first-order chi connectivity index (χ1) is 7.68. The highest BCUT2D eigenvalue weighted by Crippen LogP contribution is 2.22. The molecule has 0 saturated carbocycles. The lowest BCUT2D eigenvalue weighted by Crippen LogP contribution is -2.38.